The lowest BCUT2D eigenvalue weighted by molar-refractivity contribution is 1.21. The highest BCUT2D eigenvalue weighted by molar-refractivity contribution is 9.10. The van der Waals surface area contributed by atoms with Crippen molar-refractivity contribution < 1.29 is 0 Å². The summed E-state index contributed by atoms with van der Waals surface area (Å²) < 4.78 is 0.847. The molecule has 0 N–H and O–H groups in total. The molecule has 0 heterocycles. The van der Waals surface area contributed by atoms with Crippen LogP contribution in [0.1, 0.15) is 11.1 Å². The molecular formula is C9H7BrClN. The topological polar surface area (TPSA) is 23.8 Å². The summed E-state index contributed by atoms with van der Waals surface area (Å²) in [6.07, 6.45) is 0.432. The molecule has 0 unspecified atom stereocenters. The Morgan fingerprint density at radius 1 is 1.58 bits per heavy atom. The highest BCUT2D eigenvalue weighted by Crippen LogP contribution is 2.26. The van der Waals surface area contributed by atoms with Crippen molar-refractivity contribution in [3.63, 3.8) is 0 Å². The fourth-order valence-corrected chi connectivity index (χ4v) is 1.57. The first-order chi connectivity index (χ1) is 5.65. The van der Waals surface area contributed by atoms with Gasteiger partial charge in [0.05, 0.1) is 17.5 Å². The Hall–Kier alpha value is -0.520. The van der Waals surface area contributed by atoms with E-state index in [-0.39, 0.29) is 0 Å². The highest BCUT2D eigenvalue weighted by atomic mass is 79.9. The predicted octanol–water partition coefficient (Wildman–Crippen LogP) is 3.48. The summed E-state index contributed by atoms with van der Waals surface area (Å²) in [4.78, 5) is 0. The van der Waals surface area contributed by atoms with E-state index in [1.54, 1.807) is 0 Å². The zero-order chi connectivity index (χ0) is 9.14. The van der Waals surface area contributed by atoms with E-state index in [4.69, 9.17) is 16.9 Å². The Morgan fingerprint density at radius 3 is 2.83 bits per heavy atom. The first kappa shape index (κ1) is 9.57. The number of halogens is 2. The molecule has 0 aliphatic rings. The second kappa shape index (κ2) is 3.93. The van der Waals surface area contributed by atoms with Crippen molar-refractivity contribution in [2.24, 2.45) is 0 Å². The van der Waals surface area contributed by atoms with Gasteiger partial charge in [-0.1, -0.05) is 11.6 Å². The van der Waals surface area contributed by atoms with E-state index >= 15 is 0 Å². The number of hydrogen-bond acceptors (Lipinski definition) is 1. The van der Waals surface area contributed by atoms with Gasteiger partial charge in [-0.2, -0.15) is 5.26 Å². The second-order valence-electron chi connectivity index (χ2n) is 2.53. The third kappa shape index (κ3) is 2.00. The Balaban J connectivity index is 3.16. The van der Waals surface area contributed by atoms with Gasteiger partial charge in [0.1, 0.15) is 0 Å². The number of rotatable bonds is 1. The van der Waals surface area contributed by atoms with Crippen molar-refractivity contribution in [2.75, 3.05) is 0 Å². The van der Waals surface area contributed by atoms with Crippen LogP contribution in [0.15, 0.2) is 16.6 Å². The van der Waals surface area contributed by atoms with Crippen LogP contribution in [0.5, 0.6) is 0 Å². The summed E-state index contributed by atoms with van der Waals surface area (Å²) in [7, 11) is 0. The smallest absolute Gasteiger partial charge is 0.0669 e. The summed E-state index contributed by atoms with van der Waals surface area (Å²) in [6.45, 7) is 1.95. The largest absolute Gasteiger partial charge is 0.198 e. The lowest BCUT2D eigenvalue weighted by Gasteiger charge is -2.03. The first-order valence-electron chi connectivity index (χ1n) is 3.46. The van der Waals surface area contributed by atoms with E-state index in [9.17, 15) is 0 Å². The van der Waals surface area contributed by atoms with E-state index in [0.717, 1.165) is 15.6 Å². The van der Waals surface area contributed by atoms with Crippen molar-refractivity contribution in [3.05, 3.63) is 32.8 Å². The zero-order valence-electron chi connectivity index (χ0n) is 6.56. The van der Waals surface area contributed by atoms with Gasteiger partial charge in [0.2, 0.25) is 0 Å². The van der Waals surface area contributed by atoms with Crippen molar-refractivity contribution in [1.29, 1.82) is 5.26 Å². The van der Waals surface area contributed by atoms with Gasteiger partial charge < -0.3 is 0 Å². The summed E-state index contributed by atoms with van der Waals surface area (Å²) in [5, 5.41) is 9.20. The molecule has 0 saturated carbocycles. The molecule has 0 amide bonds. The Kier molecular flexibility index (Phi) is 3.13. The summed E-state index contributed by atoms with van der Waals surface area (Å²) in [6, 6.07) is 5.86. The van der Waals surface area contributed by atoms with Crippen LogP contribution in [0.25, 0.3) is 0 Å². The number of nitrogens with zero attached hydrogens (tertiary/aromatic N) is 1. The Morgan fingerprint density at radius 2 is 2.25 bits per heavy atom. The van der Waals surface area contributed by atoms with Gasteiger partial charge in [-0.15, -0.1) is 0 Å². The molecule has 0 aromatic heterocycles. The van der Waals surface area contributed by atoms with Crippen LogP contribution in [-0.2, 0) is 6.42 Å². The van der Waals surface area contributed by atoms with Crippen LogP contribution in [0.3, 0.4) is 0 Å². The van der Waals surface area contributed by atoms with Crippen LogP contribution in [0, 0.1) is 18.3 Å². The fraction of sp³-hybridized carbons (Fsp3) is 0.222. The van der Waals surface area contributed by atoms with Crippen molar-refractivity contribution >= 4 is 27.5 Å². The van der Waals surface area contributed by atoms with Gasteiger partial charge in [0.25, 0.3) is 0 Å². The minimum atomic E-state index is 0.432. The number of hydrogen-bond donors (Lipinski definition) is 0. The Bertz CT molecular complexity index is 341. The summed E-state index contributed by atoms with van der Waals surface area (Å²) in [5.41, 5.74) is 2.08. The quantitative estimate of drug-likeness (QED) is 0.742. The number of benzene rings is 1. The Labute approximate surface area is 85.1 Å². The van der Waals surface area contributed by atoms with Crippen LogP contribution in [0.4, 0.5) is 0 Å². The van der Waals surface area contributed by atoms with E-state index in [2.05, 4.69) is 22.0 Å². The third-order valence-corrected chi connectivity index (χ3v) is 2.85. The molecule has 1 rings (SSSR count). The molecular weight excluding hydrogens is 237 g/mol. The van der Waals surface area contributed by atoms with Gasteiger partial charge >= 0.3 is 0 Å². The molecule has 0 aliphatic heterocycles. The van der Waals surface area contributed by atoms with Crippen LogP contribution < -0.4 is 0 Å². The molecule has 0 bridgehead atoms. The molecule has 1 aromatic rings. The maximum Gasteiger partial charge on any atom is 0.0669 e. The van der Waals surface area contributed by atoms with Crippen molar-refractivity contribution in [2.45, 2.75) is 13.3 Å². The molecule has 1 aromatic carbocycles. The van der Waals surface area contributed by atoms with Gasteiger partial charge in [0.15, 0.2) is 0 Å². The van der Waals surface area contributed by atoms with E-state index < -0.39 is 0 Å². The predicted molar refractivity (Wildman–Crippen MR) is 53.2 cm³/mol. The SMILES string of the molecule is Cc1cc(Cl)c(Br)cc1CC#N. The standard InChI is InChI=1S/C9H7BrClN/c1-6-4-9(11)8(10)5-7(6)2-3-12/h4-5H,2H2,1H3. The summed E-state index contributed by atoms with van der Waals surface area (Å²) >= 11 is 9.17. The molecule has 1 nitrogen and oxygen atoms in total. The zero-order valence-corrected chi connectivity index (χ0v) is 8.91. The first-order valence-corrected chi connectivity index (χ1v) is 4.63. The number of aryl methyl sites for hydroxylation is 1. The van der Waals surface area contributed by atoms with Gasteiger partial charge in [-0.3, -0.25) is 0 Å². The molecule has 0 saturated heterocycles. The van der Waals surface area contributed by atoms with E-state index in [1.165, 1.54) is 0 Å². The molecule has 12 heavy (non-hydrogen) atoms. The highest BCUT2D eigenvalue weighted by Gasteiger charge is 2.02. The minimum absolute atomic E-state index is 0.432. The lowest BCUT2D eigenvalue weighted by Crippen LogP contribution is -1.87. The van der Waals surface area contributed by atoms with E-state index in [1.807, 2.05) is 19.1 Å². The molecule has 0 spiro atoms. The maximum atomic E-state index is 8.51. The molecule has 0 radical (unpaired) electrons. The average molecular weight is 245 g/mol. The maximum absolute atomic E-state index is 8.51. The molecule has 0 fully saturated rings. The lowest BCUT2D eigenvalue weighted by atomic mass is 10.1. The minimum Gasteiger partial charge on any atom is -0.198 e. The average Bonchev–Trinajstić information content (AvgIpc) is 2.01. The van der Waals surface area contributed by atoms with Crippen molar-refractivity contribution in [3.8, 4) is 6.07 Å². The second-order valence-corrected chi connectivity index (χ2v) is 3.79. The molecule has 62 valence electrons. The van der Waals surface area contributed by atoms with Gasteiger partial charge in [-0.05, 0) is 46.1 Å². The monoisotopic (exact) mass is 243 g/mol. The van der Waals surface area contributed by atoms with Crippen LogP contribution in [-0.4, -0.2) is 0 Å². The van der Waals surface area contributed by atoms with Gasteiger partial charge in [-0.25, -0.2) is 0 Å². The molecule has 0 aliphatic carbocycles. The van der Waals surface area contributed by atoms with Gasteiger partial charge in [0, 0.05) is 4.47 Å². The fourth-order valence-electron chi connectivity index (χ4n) is 0.963. The third-order valence-electron chi connectivity index (χ3n) is 1.65. The van der Waals surface area contributed by atoms with Crippen molar-refractivity contribution in [1.82, 2.24) is 0 Å². The molecule has 0 atom stereocenters. The van der Waals surface area contributed by atoms with Crippen LogP contribution >= 0.6 is 27.5 Å². The summed E-state index contributed by atoms with van der Waals surface area (Å²) in [5.74, 6) is 0. The number of nitriles is 1. The molecule has 3 heteroatoms. The normalized spacial score (nSPS) is 9.50. The van der Waals surface area contributed by atoms with Crippen LogP contribution in [0.2, 0.25) is 5.02 Å². The van der Waals surface area contributed by atoms with E-state index in [0.29, 0.717) is 11.4 Å².